The number of piperidine rings is 1. The number of hydrogen-bond donors (Lipinski definition) is 12. The zero-order chi connectivity index (χ0) is 75.8. The lowest BCUT2D eigenvalue weighted by molar-refractivity contribution is -0.129. The zero-order valence-electron chi connectivity index (χ0n) is 64.2. The molecule has 1 aliphatic heterocycles. The highest BCUT2D eigenvalue weighted by atomic mass is 16.3. The van der Waals surface area contributed by atoms with E-state index in [-0.39, 0.29) is 47.0 Å². The summed E-state index contributed by atoms with van der Waals surface area (Å²) in [5.74, 6) is 3.77. The summed E-state index contributed by atoms with van der Waals surface area (Å²) in [5, 5.41) is 8.06. The average Bonchev–Trinajstić information content (AvgIpc) is 3.61. The minimum absolute atomic E-state index is 0. The highest BCUT2D eigenvalue weighted by Gasteiger charge is 2.11. The molecule has 91 heavy (non-hydrogen) atoms. The van der Waals surface area contributed by atoms with Gasteiger partial charge in [0.15, 0.2) is 0 Å². The molecule has 0 aromatic heterocycles. The van der Waals surface area contributed by atoms with E-state index in [0.29, 0.717) is 0 Å². The van der Waals surface area contributed by atoms with E-state index in [1.54, 1.807) is 20.8 Å². The number of likely N-dealkylation sites (tertiary alicyclic amines) is 1. The number of carbonyl (C=O) groups excluding carboxylic acids is 12. The summed E-state index contributed by atoms with van der Waals surface area (Å²) < 4.78 is 0. The third-order valence-electron chi connectivity index (χ3n) is 7.57. The molecule has 25 nitrogen and oxygen atoms in total. The zero-order valence-corrected chi connectivity index (χ0v) is 64.2. The first kappa shape index (κ1) is 185. The molecular weight excluding hydrogens is 1170 g/mol. The van der Waals surface area contributed by atoms with Gasteiger partial charge in [0.05, 0.1) is 0 Å². The number of nitrogens with zero attached hydrogens (tertiary/aromatic N) is 1. The van der Waals surface area contributed by atoms with Crippen LogP contribution in [0.15, 0.2) is 60.7 Å². The fourth-order valence-electron chi connectivity index (χ4n) is 2.64. The maximum absolute atomic E-state index is 10.7. The van der Waals surface area contributed by atoms with Crippen molar-refractivity contribution < 1.29 is 66.9 Å². The second kappa shape index (κ2) is 314. The van der Waals surface area contributed by atoms with Crippen molar-refractivity contribution >= 4 is 80.6 Å². The molecule has 1 heterocycles. The number of aryl methyl sites for hydroxylation is 2. The van der Waals surface area contributed by atoms with Gasteiger partial charge in [-0.1, -0.05) is 204 Å². The first-order valence-corrected chi connectivity index (χ1v) is 28.2. The Morgan fingerprint density at radius 3 is 0.571 bits per heavy atom. The van der Waals surface area contributed by atoms with E-state index in [1.807, 2.05) is 112 Å². The van der Waals surface area contributed by atoms with Crippen LogP contribution in [0, 0.1) is 23.7 Å². The van der Waals surface area contributed by atoms with E-state index >= 15 is 0 Å². The fraction of sp³-hybridized carbons (Fsp3) is 0.636. The van der Waals surface area contributed by atoms with Crippen molar-refractivity contribution in [1.29, 1.82) is 0 Å². The summed E-state index contributed by atoms with van der Waals surface area (Å²) >= 11 is 0. The first-order chi connectivity index (χ1) is 41.4. The molecule has 2 aromatic rings. The number of hydrogen-bond acceptors (Lipinski definition) is 24. The molecule has 0 saturated carbocycles. The molecule has 25 heteroatoms. The minimum atomic E-state index is -0.167. The molecule has 1 saturated heterocycles. The molecule has 1 fully saturated rings. The van der Waals surface area contributed by atoms with Crippen LogP contribution in [-0.4, -0.2) is 152 Å². The molecular formula is C66H170N12O13. The third-order valence-corrected chi connectivity index (χ3v) is 7.57. The van der Waals surface area contributed by atoms with E-state index < -0.39 is 0 Å². The SMILES string of the molecule is C=O.C=O.C=O.C=O.C=O.C=O.C=O.C=O.C=O.C=O.C=O.CC.CC(=O)N1CCCCC1.CC(C)O.CCC(C)C.CCC(C)C.CCC(C)C.CCC(C)C.CCN.CCc1ccccc1.CCc1ccccc1.CN.CN.CN.CN.CN.N.N.N.N.N.[HH].[HH].[HH]. The average molecular weight is 1340 g/mol. The second-order valence-electron chi connectivity index (χ2n) is 15.0. The van der Waals surface area contributed by atoms with Gasteiger partial charge in [-0.15, -0.1) is 0 Å². The van der Waals surface area contributed by atoms with E-state index in [4.69, 9.17) is 63.6 Å². The van der Waals surface area contributed by atoms with Crippen LogP contribution in [0.25, 0.3) is 0 Å². The predicted molar refractivity (Wildman–Crippen MR) is 412 cm³/mol. The predicted octanol–water partition coefficient (Wildman–Crippen LogP) is 12.5. The number of nitrogens with two attached hydrogens (primary N) is 6. The topological polar surface area (TPSA) is 559 Å². The molecule has 1 aliphatic rings. The van der Waals surface area contributed by atoms with Crippen LogP contribution in [-0.2, 0) is 70.4 Å². The number of aliphatic hydroxyl groups is 1. The van der Waals surface area contributed by atoms with Crippen LogP contribution >= 0.6 is 0 Å². The molecule has 0 atom stereocenters. The summed E-state index contributed by atoms with van der Waals surface area (Å²) in [5.41, 5.74) is 30.2. The summed E-state index contributed by atoms with van der Waals surface area (Å²) in [6.07, 6.45) is 11.0. The second-order valence-corrected chi connectivity index (χ2v) is 15.0. The normalized spacial score (nSPS) is 7.15. The van der Waals surface area contributed by atoms with Crippen molar-refractivity contribution in [2.75, 3.05) is 54.9 Å². The van der Waals surface area contributed by atoms with Crippen molar-refractivity contribution in [3.05, 3.63) is 71.8 Å². The smallest absolute Gasteiger partial charge is 0.219 e. The molecule has 0 unspecified atom stereocenters. The van der Waals surface area contributed by atoms with Crippen molar-refractivity contribution in [2.24, 2.45) is 58.1 Å². The maximum Gasteiger partial charge on any atom is 0.219 e. The summed E-state index contributed by atoms with van der Waals surface area (Å²) in [7, 11) is 7.50. The number of amides is 1. The highest BCUT2D eigenvalue weighted by Crippen LogP contribution is 2.07. The lowest BCUT2D eigenvalue weighted by Gasteiger charge is -2.24. The molecule has 0 aliphatic carbocycles. The Balaban J connectivity index is -0.0000000155. The minimum Gasteiger partial charge on any atom is -0.394 e. The van der Waals surface area contributed by atoms with Crippen LogP contribution in [0.3, 0.4) is 0 Å². The number of rotatable bonds is 6. The lowest BCUT2D eigenvalue weighted by Crippen LogP contribution is -2.33. The molecule has 0 radical (unpaired) electrons. The molecule has 1 amide bonds. The number of aliphatic hydroxyl groups excluding tert-OH is 1. The first-order valence-electron chi connectivity index (χ1n) is 28.2. The van der Waals surface area contributed by atoms with Gasteiger partial charge in [0.1, 0.15) is 74.7 Å². The Morgan fingerprint density at radius 2 is 0.505 bits per heavy atom. The monoisotopic (exact) mass is 1340 g/mol. The van der Waals surface area contributed by atoms with Gasteiger partial charge in [0, 0.05) is 30.4 Å². The van der Waals surface area contributed by atoms with E-state index in [2.05, 4.69) is 174 Å². The van der Waals surface area contributed by atoms with Crippen LogP contribution in [0.2, 0.25) is 0 Å². The van der Waals surface area contributed by atoms with Gasteiger partial charge < -0.3 is 128 Å². The molecule has 572 valence electrons. The molecule has 28 N–H and O–H groups in total. The Labute approximate surface area is 568 Å². The molecule has 0 spiro atoms. The molecule has 3 rings (SSSR count). The van der Waals surface area contributed by atoms with E-state index in [9.17, 15) is 4.79 Å². The van der Waals surface area contributed by atoms with Gasteiger partial charge >= 0.3 is 0 Å². The molecule has 2 aromatic carbocycles. The number of carbonyl (C=O) groups is 12. The maximum atomic E-state index is 10.7. The lowest BCUT2D eigenvalue weighted by atomic mass is 10.1. The van der Waals surface area contributed by atoms with Gasteiger partial charge in [-0.05, 0) is 123 Å². The quantitative estimate of drug-likeness (QED) is 0.128. The Bertz CT molecular complexity index is 1010. The summed E-state index contributed by atoms with van der Waals surface area (Å²) in [4.78, 5) is 101. The van der Waals surface area contributed by atoms with Crippen LogP contribution in [0.5, 0.6) is 0 Å². The Morgan fingerprint density at radius 1 is 0.385 bits per heavy atom. The van der Waals surface area contributed by atoms with Crippen LogP contribution < -0.4 is 65.2 Å². The van der Waals surface area contributed by atoms with Crippen LogP contribution in [0.1, 0.15) is 199 Å². The van der Waals surface area contributed by atoms with Crippen molar-refractivity contribution in [3.8, 4) is 0 Å². The third kappa shape index (κ3) is 491. The molecule has 0 bridgehead atoms. The van der Waals surface area contributed by atoms with Crippen molar-refractivity contribution in [3.63, 3.8) is 0 Å². The van der Waals surface area contributed by atoms with E-state index in [1.165, 1.54) is 91.3 Å². The van der Waals surface area contributed by atoms with Gasteiger partial charge in [-0.3, -0.25) is 4.79 Å². The summed E-state index contributed by atoms with van der Waals surface area (Å²) in [6, 6.07) is 20.9. The van der Waals surface area contributed by atoms with E-state index in [0.717, 1.165) is 56.1 Å². The van der Waals surface area contributed by atoms with Crippen molar-refractivity contribution in [2.45, 2.75) is 202 Å². The Kier molecular flexibility index (Phi) is 636. The standard InChI is InChI=1S/2C8H10.C7H13NO.4C5H12.C3H8O.C2H7N.C2H6.5CH5N.11CH2O.5H3N.3H2/c2*1-2-8-6-4-3-5-7-8;1-7(9)8-5-3-2-4-6-8;4*1-4-5(2)3;1-3(2)4;1-2-3;17*1-2;;;;;;;;/h2*3-7H,2H2,1H3;2-6H2,1H3;4*5H,4H2,1-3H3;3-4H,1-2H3;2-3H2,1H3;1-2H3;5*2H2,1H3;11*1H2;5*1H3;3*1H. The van der Waals surface area contributed by atoms with Crippen molar-refractivity contribution in [1.82, 2.24) is 35.7 Å². The highest BCUT2D eigenvalue weighted by molar-refractivity contribution is 5.73. The van der Waals surface area contributed by atoms with Gasteiger partial charge in [0.25, 0.3) is 0 Å². The van der Waals surface area contributed by atoms with Gasteiger partial charge in [0.2, 0.25) is 5.91 Å². The van der Waals surface area contributed by atoms with Gasteiger partial charge in [-0.25, -0.2) is 0 Å². The van der Waals surface area contributed by atoms with Gasteiger partial charge in [-0.2, -0.15) is 0 Å². The fourth-order valence-corrected chi connectivity index (χ4v) is 2.64. The van der Waals surface area contributed by atoms with Crippen LogP contribution in [0.4, 0.5) is 0 Å². The Hall–Kier alpha value is -6.20. The largest absolute Gasteiger partial charge is 0.394 e. The number of benzene rings is 2. The summed E-state index contributed by atoms with van der Waals surface area (Å²) in [6.45, 7) is 66.6.